The van der Waals surface area contributed by atoms with Crippen LogP contribution in [0.15, 0.2) is 12.1 Å². The first-order chi connectivity index (χ1) is 10.1. The van der Waals surface area contributed by atoms with Crippen molar-refractivity contribution in [2.24, 2.45) is 11.1 Å². The summed E-state index contributed by atoms with van der Waals surface area (Å²) in [5.41, 5.74) is 8.92. The van der Waals surface area contributed by atoms with E-state index in [-0.39, 0.29) is 0 Å². The number of rotatable bonds is 3. The first-order valence-electron chi connectivity index (χ1n) is 8.58. The van der Waals surface area contributed by atoms with Crippen molar-refractivity contribution in [2.75, 3.05) is 18.0 Å². The average Bonchev–Trinajstić information content (AvgIpc) is 2.95. The standard InChI is InChI=1S/C18H29N3/c1-14(2)16-11-15(13-19)12-17(20-16)21-9-7-18(8-10-21)5-3-4-6-18/h11-12,14H,3-10,13,19H2,1-2H3. The van der Waals surface area contributed by atoms with E-state index in [9.17, 15) is 0 Å². The van der Waals surface area contributed by atoms with Crippen LogP contribution in [-0.2, 0) is 6.54 Å². The van der Waals surface area contributed by atoms with Gasteiger partial charge >= 0.3 is 0 Å². The van der Waals surface area contributed by atoms with Gasteiger partial charge in [0.2, 0.25) is 0 Å². The first kappa shape index (κ1) is 14.8. The van der Waals surface area contributed by atoms with Gasteiger partial charge in [0.25, 0.3) is 0 Å². The maximum Gasteiger partial charge on any atom is 0.129 e. The Morgan fingerprint density at radius 3 is 2.38 bits per heavy atom. The van der Waals surface area contributed by atoms with Crippen molar-refractivity contribution in [3.05, 3.63) is 23.4 Å². The molecule has 0 aromatic carbocycles. The van der Waals surface area contributed by atoms with Gasteiger partial charge in [0.15, 0.2) is 0 Å². The van der Waals surface area contributed by atoms with Gasteiger partial charge in [-0.2, -0.15) is 0 Å². The van der Waals surface area contributed by atoms with Crippen LogP contribution in [0.5, 0.6) is 0 Å². The monoisotopic (exact) mass is 287 g/mol. The fourth-order valence-electron chi connectivity index (χ4n) is 4.01. The molecule has 21 heavy (non-hydrogen) atoms. The van der Waals surface area contributed by atoms with Gasteiger partial charge in [-0.1, -0.05) is 26.7 Å². The third kappa shape index (κ3) is 3.08. The van der Waals surface area contributed by atoms with Gasteiger partial charge in [0.1, 0.15) is 5.82 Å². The molecule has 3 nitrogen and oxygen atoms in total. The lowest BCUT2D eigenvalue weighted by atomic mass is 9.77. The highest BCUT2D eigenvalue weighted by Gasteiger charge is 2.37. The molecular weight excluding hydrogens is 258 g/mol. The van der Waals surface area contributed by atoms with Gasteiger partial charge < -0.3 is 10.6 Å². The lowest BCUT2D eigenvalue weighted by Crippen LogP contribution is -2.39. The van der Waals surface area contributed by atoms with Crippen molar-refractivity contribution in [1.29, 1.82) is 0 Å². The van der Waals surface area contributed by atoms with Gasteiger partial charge in [0.05, 0.1) is 0 Å². The Morgan fingerprint density at radius 2 is 1.81 bits per heavy atom. The Balaban J connectivity index is 1.76. The molecule has 1 aliphatic heterocycles. The smallest absolute Gasteiger partial charge is 0.129 e. The number of nitrogens with zero attached hydrogens (tertiary/aromatic N) is 2. The highest BCUT2D eigenvalue weighted by molar-refractivity contribution is 5.44. The van der Waals surface area contributed by atoms with E-state index in [1.165, 1.54) is 62.9 Å². The Morgan fingerprint density at radius 1 is 1.14 bits per heavy atom. The van der Waals surface area contributed by atoms with E-state index in [0.29, 0.717) is 17.9 Å². The Bertz CT molecular complexity index is 479. The van der Waals surface area contributed by atoms with E-state index in [4.69, 9.17) is 10.7 Å². The minimum atomic E-state index is 0.459. The number of anilines is 1. The number of nitrogens with two attached hydrogens (primary N) is 1. The van der Waals surface area contributed by atoms with E-state index < -0.39 is 0 Å². The van der Waals surface area contributed by atoms with Gasteiger partial charge in [-0.15, -0.1) is 0 Å². The molecule has 0 amide bonds. The Kier molecular flexibility index (Phi) is 4.21. The molecule has 3 heteroatoms. The van der Waals surface area contributed by atoms with Crippen LogP contribution in [-0.4, -0.2) is 18.1 Å². The second-order valence-corrected chi connectivity index (χ2v) is 7.31. The quantitative estimate of drug-likeness (QED) is 0.919. The second-order valence-electron chi connectivity index (χ2n) is 7.31. The molecule has 2 N–H and O–H groups in total. The SMILES string of the molecule is CC(C)c1cc(CN)cc(N2CCC3(CCCC3)CC2)n1. The summed E-state index contributed by atoms with van der Waals surface area (Å²) in [5.74, 6) is 1.61. The third-order valence-corrected chi connectivity index (χ3v) is 5.53. The summed E-state index contributed by atoms with van der Waals surface area (Å²) in [7, 11) is 0. The summed E-state index contributed by atoms with van der Waals surface area (Å²) in [6.45, 7) is 7.34. The number of pyridine rings is 1. The van der Waals surface area contributed by atoms with Crippen LogP contribution in [0.1, 0.15) is 69.5 Å². The summed E-state index contributed by atoms with van der Waals surface area (Å²) in [6, 6.07) is 4.36. The van der Waals surface area contributed by atoms with Crippen LogP contribution in [0.3, 0.4) is 0 Å². The van der Waals surface area contributed by atoms with E-state index in [1.807, 2.05) is 0 Å². The van der Waals surface area contributed by atoms with Gasteiger partial charge in [-0.05, 0) is 54.7 Å². The maximum absolute atomic E-state index is 5.87. The van der Waals surface area contributed by atoms with Crippen LogP contribution in [0.2, 0.25) is 0 Å². The van der Waals surface area contributed by atoms with E-state index >= 15 is 0 Å². The molecule has 0 unspecified atom stereocenters. The van der Waals surface area contributed by atoms with Crippen LogP contribution in [0.4, 0.5) is 5.82 Å². The molecule has 1 saturated heterocycles. The molecule has 1 saturated carbocycles. The molecule has 2 fully saturated rings. The number of piperidine rings is 1. The zero-order chi connectivity index (χ0) is 14.9. The molecule has 1 aromatic heterocycles. The van der Waals surface area contributed by atoms with Crippen LogP contribution in [0, 0.1) is 5.41 Å². The van der Waals surface area contributed by atoms with Crippen molar-refractivity contribution < 1.29 is 0 Å². The zero-order valence-corrected chi connectivity index (χ0v) is 13.6. The molecule has 0 radical (unpaired) electrons. The summed E-state index contributed by atoms with van der Waals surface area (Å²) < 4.78 is 0. The normalized spacial score (nSPS) is 21.4. The number of aromatic nitrogens is 1. The van der Waals surface area contributed by atoms with Gasteiger partial charge in [0, 0.05) is 25.3 Å². The fraction of sp³-hybridized carbons (Fsp3) is 0.722. The van der Waals surface area contributed by atoms with E-state index in [0.717, 1.165) is 5.82 Å². The van der Waals surface area contributed by atoms with Gasteiger partial charge in [-0.3, -0.25) is 0 Å². The summed E-state index contributed by atoms with van der Waals surface area (Å²) in [4.78, 5) is 7.37. The van der Waals surface area contributed by atoms with Crippen molar-refractivity contribution in [2.45, 2.75) is 64.8 Å². The van der Waals surface area contributed by atoms with Crippen molar-refractivity contribution in [3.8, 4) is 0 Å². The number of hydrogen-bond donors (Lipinski definition) is 1. The third-order valence-electron chi connectivity index (χ3n) is 5.53. The number of hydrogen-bond acceptors (Lipinski definition) is 3. The fourth-order valence-corrected chi connectivity index (χ4v) is 4.01. The van der Waals surface area contributed by atoms with E-state index in [2.05, 4.69) is 30.9 Å². The maximum atomic E-state index is 5.87. The molecule has 0 bridgehead atoms. The predicted octanol–water partition coefficient (Wildman–Crippen LogP) is 3.82. The van der Waals surface area contributed by atoms with Crippen LogP contribution >= 0.6 is 0 Å². The molecule has 1 aromatic rings. The summed E-state index contributed by atoms with van der Waals surface area (Å²) in [5, 5.41) is 0. The largest absolute Gasteiger partial charge is 0.357 e. The molecule has 3 rings (SSSR count). The predicted molar refractivity (Wildman–Crippen MR) is 88.6 cm³/mol. The minimum Gasteiger partial charge on any atom is -0.357 e. The van der Waals surface area contributed by atoms with Gasteiger partial charge in [-0.25, -0.2) is 4.98 Å². The minimum absolute atomic E-state index is 0.459. The molecule has 2 aliphatic rings. The lowest BCUT2D eigenvalue weighted by molar-refractivity contribution is 0.226. The van der Waals surface area contributed by atoms with Crippen LogP contribution < -0.4 is 10.6 Å². The summed E-state index contributed by atoms with van der Waals surface area (Å²) >= 11 is 0. The zero-order valence-electron chi connectivity index (χ0n) is 13.6. The molecule has 1 aliphatic carbocycles. The molecule has 2 heterocycles. The van der Waals surface area contributed by atoms with Crippen molar-refractivity contribution in [3.63, 3.8) is 0 Å². The first-order valence-corrected chi connectivity index (χ1v) is 8.58. The highest BCUT2D eigenvalue weighted by atomic mass is 15.2. The molecule has 1 spiro atoms. The average molecular weight is 287 g/mol. The van der Waals surface area contributed by atoms with Crippen LogP contribution in [0.25, 0.3) is 0 Å². The molecular formula is C18H29N3. The second kappa shape index (κ2) is 5.96. The Labute approximate surface area is 128 Å². The molecule has 0 atom stereocenters. The van der Waals surface area contributed by atoms with E-state index in [1.54, 1.807) is 0 Å². The van der Waals surface area contributed by atoms with Crippen molar-refractivity contribution in [1.82, 2.24) is 4.98 Å². The topological polar surface area (TPSA) is 42.1 Å². The highest BCUT2D eigenvalue weighted by Crippen LogP contribution is 2.46. The molecule has 116 valence electrons. The Hall–Kier alpha value is -1.09. The lowest BCUT2D eigenvalue weighted by Gasteiger charge is -2.40. The van der Waals surface area contributed by atoms with Crippen molar-refractivity contribution >= 4 is 5.82 Å². The summed E-state index contributed by atoms with van der Waals surface area (Å²) in [6.07, 6.45) is 8.48.